The Balaban J connectivity index is 1.50. The molecule has 1 amide bonds. The molecule has 296 valence electrons. The van der Waals surface area contributed by atoms with Crippen LogP contribution in [-0.4, -0.2) is 101 Å². The normalized spacial score (nSPS) is 19.9. The topological polar surface area (TPSA) is 176 Å². The zero-order valence-electron chi connectivity index (χ0n) is 31.1. The maximum Gasteiger partial charge on any atom is 0.407 e. The van der Waals surface area contributed by atoms with Crippen LogP contribution in [0.15, 0.2) is 53.4 Å². The monoisotopic (exact) mass is 782 g/mol. The second kappa shape index (κ2) is 20.7. The van der Waals surface area contributed by atoms with Gasteiger partial charge in [-0.05, 0) is 61.4 Å². The molecule has 2 aliphatic rings. The van der Waals surface area contributed by atoms with Crippen LogP contribution in [0, 0.1) is 11.8 Å². The summed E-state index contributed by atoms with van der Waals surface area (Å²) in [6.07, 6.45) is 1.30. The fraction of sp³-hybridized carbons (Fsp3) is 0.622. The van der Waals surface area contributed by atoms with Gasteiger partial charge >= 0.3 is 13.7 Å². The molecule has 2 heterocycles. The van der Waals surface area contributed by atoms with Crippen LogP contribution in [0.3, 0.4) is 0 Å². The first-order valence-electron chi connectivity index (χ1n) is 18.4. The molecule has 2 saturated heterocycles. The molecule has 5 atom stereocenters. The lowest BCUT2D eigenvalue weighted by atomic mass is 10.0. The molecule has 0 radical (unpaired) electrons. The van der Waals surface area contributed by atoms with Crippen molar-refractivity contribution < 1.29 is 55.7 Å². The van der Waals surface area contributed by atoms with Crippen molar-refractivity contribution in [2.45, 2.75) is 95.7 Å². The summed E-state index contributed by atoms with van der Waals surface area (Å²) in [7, 11) is -7.59. The van der Waals surface area contributed by atoms with Gasteiger partial charge in [-0.15, -0.1) is 0 Å². The van der Waals surface area contributed by atoms with Crippen LogP contribution in [0.4, 0.5) is 4.79 Å². The van der Waals surface area contributed by atoms with Crippen LogP contribution >= 0.6 is 7.60 Å². The molecule has 2 aromatic carbocycles. The number of hydrogen-bond acceptors (Lipinski definition) is 12. The summed E-state index contributed by atoms with van der Waals surface area (Å²) in [5.41, 5.74) is 1.02. The quantitative estimate of drug-likeness (QED) is 0.0792. The molecule has 53 heavy (non-hydrogen) atoms. The smallest absolute Gasteiger partial charge is 0.407 e. The molecule has 0 spiro atoms. The molecule has 0 aliphatic carbocycles. The molecule has 4 rings (SSSR count). The van der Waals surface area contributed by atoms with E-state index in [1.165, 1.54) is 28.6 Å². The molecule has 2 aromatic rings. The second-order valence-corrected chi connectivity index (χ2v) is 17.7. The summed E-state index contributed by atoms with van der Waals surface area (Å²) in [6.45, 7) is 8.78. The molecular formula is C37H55N2O12PS. The number of carbonyl (C=O) groups is 2. The Morgan fingerprint density at radius 3 is 2.28 bits per heavy atom. The van der Waals surface area contributed by atoms with Crippen molar-refractivity contribution in [2.24, 2.45) is 11.8 Å². The predicted octanol–water partition coefficient (Wildman–Crippen LogP) is 5.77. The average Bonchev–Trinajstić information content (AvgIpc) is 3.76. The highest BCUT2D eigenvalue weighted by Crippen LogP contribution is 2.48. The minimum atomic E-state index is -4.10. The SMILES string of the molecule is CCCCOP(=O)(COc1ccc(C[C@H](NC(=O)OC2CO[C@H]3OCC[C@@H]23)[C@H](O)CN(CC(C)C)S(=O)(=O)c2ccc(C=O)cc2)cc1)OCCCC. The highest BCUT2D eigenvalue weighted by Gasteiger charge is 2.44. The summed E-state index contributed by atoms with van der Waals surface area (Å²) in [5, 5.41) is 14.4. The molecule has 0 aromatic heterocycles. The van der Waals surface area contributed by atoms with E-state index >= 15 is 0 Å². The zero-order chi connectivity index (χ0) is 38.4. The number of nitrogens with zero attached hydrogens (tertiary/aromatic N) is 1. The number of alkyl carbamates (subject to hydrolysis) is 1. The number of unbranched alkanes of at least 4 members (excludes halogenated alkanes) is 2. The number of aliphatic hydroxyl groups is 1. The Bertz CT molecular complexity index is 1580. The molecule has 16 heteroatoms. The molecule has 2 aliphatic heterocycles. The molecule has 2 N–H and O–H groups in total. The van der Waals surface area contributed by atoms with Crippen molar-refractivity contribution in [1.29, 1.82) is 0 Å². The molecule has 0 saturated carbocycles. The number of carbonyl (C=O) groups excluding carboxylic acids is 2. The number of hydrogen-bond donors (Lipinski definition) is 2. The van der Waals surface area contributed by atoms with Crippen molar-refractivity contribution in [1.82, 2.24) is 9.62 Å². The van der Waals surface area contributed by atoms with Gasteiger partial charge < -0.3 is 38.4 Å². The average molecular weight is 783 g/mol. The van der Waals surface area contributed by atoms with Crippen molar-refractivity contribution >= 4 is 30.0 Å². The lowest BCUT2D eigenvalue weighted by Gasteiger charge is -2.31. The number of nitrogens with one attached hydrogen (secondary N) is 1. The Kier molecular flexibility index (Phi) is 16.7. The number of amides is 1. The number of benzene rings is 2. The van der Waals surface area contributed by atoms with Gasteiger partial charge in [-0.3, -0.25) is 9.36 Å². The van der Waals surface area contributed by atoms with Crippen molar-refractivity contribution in [3.63, 3.8) is 0 Å². The number of aldehydes is 1. The van der Waals surface area contributed by atoms with E-state index in [2.05, 4.69) is 5.32 Å². The van der Waals surface area contributed by atoms with Gasteiger partial charge in [-0.25, -0.2) is 13.2 Å². The first-order valence-corrected chi connectivity index (χ1v) is 21.6. The number of sulfonamides is 1. The third-order valence-electron chi connectivity index (χ3n) is 8.96. The number of fused-ring (bicyclic) bond motifs is 1. The van der Waals surface area contributed by atoms with E-state index < -0.39 is 48.3 Å². The third-order valence-corrected chi connectivity index (χ3v) is 12.4. The maximum absolute atomic E-state index is 13.8. The summed E-state index contributed by atoms with van der Waals surface area (Å²) in [4.78, 5) is 24.4. The largest absolute Gasteiger partial charge is 0.481 e. The highest BCUT2D eigenvalue weighted by molar-refractivity contribution is 7.89. The van der Waals surface area contributed by atoms with E-state index in [4.69, 9.17) is 28.0 Å². The number of rotatable bonds is 23. The van der Waals surface area contributed by atoms with Crippen LogP contribution in [0.25, 0.3) is 0 Å². The Morgan fingerprint density at radius 2 is 1.68 bits per heavy atom. The van der Waals surface area contributed by atoms with E-state index in [0.717, 1.165) is 25.7 Å². The maximum atomic E-state index is 13.8. The van der Waals surface area contributed by atoms with Gasteiger partial charge in [0.2, 0.25) is 10.0 Å². The lowest BCUT2D eigenvalue weighted by Crippen LogP contribution is -2.51. The van der Waals surface area contributed by atoms with E-state index in [9.17, 15) is 27.7 Å². The number of aliphatic hydroxyl groups excluding tert-OH is 1. The highest BCUT2D eigenvalue weighted by atomic mass is 32.2. The number of ether oxygens (including phenoxy) is 4. The van der Waals surface area contributed by atoms with Gasteiger partial charge in [-0.1, -0.05) is 64.8 Å². The molecular weight excluding hydrogens is 727 g/mol. The predicted molar refractivity (Wildman–Crippen MR) is 197 cm³/mol. The zero-order valence-corrected chi connectivity index (χ0v) is 32.8. The third kappa shape index (κ3) is 12.9. The van der Waals surface area contributed by atoms with Crippen molar-refractivity contribution in [2.75, 3.05) is 45.9 Å². The summed E-state index contributed by atoms with van der Waals surface area (Å²) in [6, 6.07) is 11.4. The Morgan fingerprint density at radius 1 is 1.02 bits per heavy atom. The van der Waals surface area contributed by atoms with Crippen LogP contribution in [0.5, 0.6) is 5.75 Å². The molecule has 0 bridgehead atoms. The molecule has 2 fully saturated rings. The van der Waals surface area contributed by atoms with E-state index in [1.54, 1.807) is 24.3 Å². The standard InChI is InChI=1S/C37H55N2O12PS/c1-5-7-18-49-52(43,50-19-8-6-2)26-48-30-13-9-28(10-14-30)21-33(38-37(42)51-35-25-47-36-32(35)17-20-46-36)34(41)23-39(22-27(3)4)53(44,45)31-15-11-29(24-40)12-16-31/h9-16,24,27,32-36,41H,5-8,17-23,25-26H2,1-4H3,(H,38,42)/t32-,33-,34+,35?,36+/m0/s1. The van der Waals surface area contributed by atoms with Gasteiger partial charge in [0, 0.05) is 18.7 Å². The van der Waals surface area contributed by atoms with E-state index in [1.807, 2.05) is 27.7 Å². The Labute approximate surface area is 313 Å². The second-order valence-electron chi connectivity index (χ2n) is 13.8. The summed E-state index contributed by atoms with van der Waals surface area (Å²) >= 11 is 0. The first-order chi connectivity index (χ1) is 25.4. The molecule has 14 nitrogen and oxygen atoms in total. The van der Waals surface area contributed by atoms with Crippen molar-refractivity contribution in [3.05, 3.63) is 59.7 Å². The van der Waals surface area contributed by atoms with Crippen LogP contribution in [-0.2, 0) is 44.3 Å². The minimum Gasteiger partial charge on any atom is -0.481 e. The minimum absolute atomic E-state index is 0.0268. The lowest BCUT2D eigenvalue weighted by molar-refractivity contribution is -0.0907. The fourth-order valence-corrected chi connectivity index (χ4v) is 8.94. The summed E-state index contributed by atoms with van der Waals surface area (Å²) < 4.78 is 76.1. The van der Waals surface area contributed by atoms with Crippen LogP contribution in [0.1, 0.15) is 75.7 Å². The van der Waals surface area contributed by atoms with Gasteiger partial charge in [0.1, 0.15) is 18.1 Å². The van der Waals surface area contributed by atoms with E-state index in [0.29, 0.717) is 49.4 Å². The first kappa shape index (κ1) is 42.9. The van der Waals surface area contributed by atoms with Crippen LogP contribution < -0.4 is 10.1 Å². The molecule has 1 unspecified atom stereocenters. The van der Waals surface area contributed by atoms with Gasteiger partial charge in [0.25, 0.3) is 0 Å². The Hall–Kier alpha value is -2.88. The fourth-order valence-electron chi connectivity index (χ4n) is 5.97. The summed E-state index contributed by atoms with van der Waals surface area (Å²) in [5.74, 6) is 0.225. The van der Waals surface area contributed by atoms with Gasteiger partial charge in [0.05, 0.1) is 49.4 Å². The van der Waals surface area contributed by atoms with Gasteiger partial charge in [-0.2, -0.15) is 4.31 Å². The van der Waals surface area contributed by atoms with Crippen LogP contribution in [0.2, 0.25) is 0 Å². The van der Waals surface area contributed by atoms with Gasteiger partial charge in [0.15, 0.2) is 12.6 Å². The van der Waals surface area contributed by atoms with E-state index in [-0.39, 0.29) is 49.2 Å². The van der Waals surface area contributed by atoms with Crippen molar-refractivity contribution in [3.8, 4) is 5.75 Å².